The molecule has 4 heteroatoms. The highest BCUT2D eigenvalue weighted by molar-refractivity contribution is 7.99. The fraction of sp³-hybridized carbons (Fsp3) is 0.750. The van der Waals surface area contributed by atoms with Gasteiger partial charge < -0.3 is 5.32 Å². The Balaban J connectivity index is 2.03. The van der Waals surface area contributed by atoms with Crippen molar-refractivity contribution in [3.8, 4) is 0 Å². The first kappa shape index (κ1) is 15.8. The van der Waals surface area contributed by atoms with Gasteiger partial charge in [0, 0.05) is 11.4 Å². The lowest BCUT2D eigenvalue weighted by Crippen LogP contribution is -2.16. The Morgan fingerprint density at radius 1 is 1.20 bits per heavy atom. The molecule has 0 aromatic carbocycles. The van der Waals surface area contributed by atoms with Crippen molar-refractivity contribution in [1.29, 1.82) is 0 Å². The van der Waals surface area contributed by atoms with Crippen molar-refractivity contribution in [2.24, 2.45) is 0 Å². The number of nitrogens with one attached hydrogen (secondary N) is 1. The highest BCUT2D eigenvalue weighted by Crippen LogP contribution is 2.36. The van der Waals surface area contributed by atoms with Crippen molar-refractivity contribution >= 4 is 11.8 Å². The third-order valence-electron chi connectivity index (χ3n) is 3.94. The second-order valence-corrected chi connectivity index (χ2v) is 6.85. The van der Waals surface area contributed by atoms with E-state index in [0.29, 0.717) is 5.25 Å². The zero-order valence-corrected chi connectivity index (χ0v) is 13.9. The minimum atomic E-state index is 0.525. The largest absolute Gasteiger partial charge is 0.317 e. The van der Waals surface area contributed by atoms with E-state index in [1.807, 2.05) is 11.8 Å². The Bertz CT molecular complexity index is 405. The van der Waals surface area contributed by atoms with Crippen LogP contribution in [0.1, 0.15) is 60.6 Å². The van der Waals surface area contributed by atoms with Gasteiger partial charge >= 0.3 is 0 Å². The highest BCUT2D eigenvalue weighted by atomic mass is 32.2. The van der Waals surface area contributed by atoms with E-state index in [9.17, 15) is 0 Å². The van der Waals surface area contributed by atoms with Gasteiger partial charge in [-0.2, -0.15) is 11.8 Å². The van der Waals surface area contributed by atoms with Crippen LogP contribution in [0.2, 0.25) is 0 Å². The summed E-state index contributed by atoms with van der Waals surface area (Å²) in [6.07, 6.45) is 6.16. The van der Waals surface area contributed by atoms with Crippen molar-refractivity contribution in [2.75, 3.05) is 18.8 Å². The third kappa shape index (κ3) is 4.19. The standard InChI is InChI=1S/C16H27N3S/c1-4-17-10-7-8-14-12(2)18-16(19-13(14)3)15-9-5-6-11-20-15/h15,17H,4-11H2,1-3H3. The fourth-order valence-electron chi connectivity index (χ4n) is 2.78. The topological polar surface area (TPSA) is 37.8 Å². The van der Waals surface area contributed by atoms with Crippen molar-refractivity contribution in [3.63, 3.8) is 0 Å². The first-order chi connectivity index (χ1) is 9.72. The first-order valence-electron chi connectivity index (χ1n) is 7.88. The summed E-state index contributed by atoms with van der Waals surface area (Å²) in [6.45, 7) is 8.57. The molecule has 0 radical (unpaired) electrons. The molecule has 1 saturated heterocycles. The molecule has 1 aromatic rings. The smallest absolute Gasteiger partial charge is 0.141 e. The molecule has 2 heterocycles. The van der Waals surface area contributed by atoms with Gasteiger partial charge in [0.2, 0.25) is 0 Å². The molecule has 1 N–H and O–H groups in total. The maximum Gasteiger partial charge on any atom is 0.141 e. The van der Waals surface area contributed by atoms with Crippen LogP contribution in [0.15, 0.2) is 0 Å². The Hall–Kier alpha value is -0.610. The van der Waals surface area contributed by atoms with Gasteiger partial charge in [-0.3, -0.25) is 0 Å². The molecule has 1 atom stereocenters. The predicted octanol–water partition coefficient (Wildman–Crippen LogP) is 3.59. The molecular formula is C16H27N3S. The molecular weight excluding hydrogens is 266 g/mol. The average Bonchev–Trinajstić information content (AvgIpc) is 2.46. The molecule has 0 amide bonds. The Labute approximate surface area is 127 Å². The number of rotatable bonds is 6. The predicted molar refractivity (Wildman–Crippen MR) is 87.4 cm³/mol. The number of hydrogen-bond donors (Lipinski definition) is 1. The molecule has 1 unspecified atom stereocenters. The highest BCUT2D eigenvalue weighted by Gasteiger charge is 2.20. The van der Waals surface area contributed by atoms with E-state index in [0.717, 1.165) is 31.8 Å². The van der Waals surface area contributed by atoms with Crippen LogP contribution in [0.5, 0.6) is 0 Å². The lowest BCUT2D eigenvalue weighted by atomic mass is 10.1. The molecule has 1 fully saturated rings. The van der Waals surface area contributed by atoms with Crippen LogP contribution in [0.25, 0.3) is 0 Å². The molecule has 1 aromatic heterocycles. The number of nitrogens with zero attached hydrogens (tertiary/aromatic N) is 2. The van der Waals surface area contributed by atoms with Crippen LogP contribution >= 0.6 is 11.8 Å². The second kappa shape index (κ2) is 7.99. The summed E-state index contributed by atoms with van der Waals surface area (Å²) in [7, 11) is 0. The second-order valence-electron chi connectivity index (χ2n) is 5.54. The third-order valence-corrected chi connectivity index (χ3v) is 5.31. The summed E-state index contributed by atoms with van der Waals surface area (Å²) in [4.78, 5) is 9.61. The Morgan fingerprint density at radius 2 is 1.95 bits per heavy atom. The Morgan fingerprint density at radius 3 is 2.55 bits per heavy atom. The normalized spacial score (nSPS) is 19.2. The maximum atomic E-state index is 4.80. The van der Waals surface area contributed by atoms with E-state index in [-0.39, 0.29) is 0 Å². The fourth-order valence-corrected chi connectivity index (χ4v) is 4.03. The zero-order valence-electron chi connectivity index (χ0n) is 13.0. The quantitative estimate of drug-likeness (QED) is 0.813. The molecule has 1 aliphatic heterocycles. The summed E-state index contributed by atoms with van der Waals surface area (Å²) in [6, 6.07) is 0. The first-order valence-corrected chi connectivity index (χ1v) is 8.93. The summed E-state index contributed by atoms with van der Waals surface area (Å²) >= 11 is 2.03. The molecule has 0 spiro atoms. The molecule has 0 saturated carbocycles. The maximum absolute atomic E-state index is 4.80. The molecule has 1 aliphatic rings. The van der Waals surface area contributed by atoms with Crippen LogP contribution in [0, 0.1) is 13.8 Å². The number of thioether (sulfide) groups is 1. The van der Waals surface area contributed by atoms with Gasteiger partial charge in [-0.1, -0.05) is 13.3 Å². The molecule has 112 valence electrons. The number of hydrogen-bond acceptors (Lipinski definition) is 4. The molecule has 20 heavy (non-hydrogen) atoms. The summed E-state index contributed by atoms with van der Waals surface area (Å²) < 4.78 is 0. The van der Waals surface area contributed by atoms with Crippen LogP contribution in [0.4, 0.5) is 0 Å². The summed E-state index contributed by atoms with van der Waals surface area (Å²) in [5.41, 5.74) is 3.73. The number of aryl methyl sites for hydroxylation is 2. The molecule has 0 aliphatic carbocycles. The van der Waals surface area contributed by atoms with E-state index in [1.54, 1.807) is 0 Å². The van der Waals surface area contributed by atoms with Gasteiger partial charge in [-0.15, -0.1) is 0 Å². The van der Waals surface area contributed by atoms with Crippen LogP contribution < -0.4 is 5.32 Å². The lowest BCUT2D eigenvalue weighted by Gasteiger charge is -2.21. The van der Waals surface area contributed by atoms with Crippen molar-refractivity contribution in [3.05, 3.63) is 22.8 Å². The average molecular weight is 293 g/mol. The lowest BCUT2D eigenvalue weighted by molar-refractivity contribution is 0.647. The zero-order chi connectivity index (χ0) is 14.4. The van der Waals surface area contributed by atoms with Gasteiger partial charge in [0.05, 0.1) is 5.25 Å². The van der Waals surface area contributed by atoms with Crippen LogP contribution in [-0.4, -0.2) is 28.8 Å². The van der Waals surface area contributed by atoms with Gasteiger partial charge in [0.15, 0.2) is 0 Å². The Kier molecular flexibility index (Phi) is 6.30. The summed E-state index contributed by atoms with van der Waals surface area (Å²) in [5, 5.41) is 3.90. The van der Waals surface area contributed by atoms with Crippen molar-refractivity contribution in [1.82, 2.24) is 15.3 Å². The minimum Gasteiger partial charge on any atom is -0.317 e. The summed E-state index contributed by atoms with van der Waals surface area (Å²) in [5.74, 6) is 2.33. The van der Waals surface area contributed by atoms with E-state index in [1.165, 1.54) is 42.0 Å². The molecule has 3 nitrogen and oxygen atoms in total. The molecule has 2 rings (SSSR count). The van der Waals surface area contributed by atoms with Crippen molar-refractivity contribution < 1.29 is 0 Å². The van der Waals surface area contributed by atoms with Crippen LogP contribution in [-0.2, 0) is 6.42 Å². The van der Waals surface area contributed by atoms with Gasteiger partial charge in [0.25, 0.3) is 0 Å². The monoisotopic (exact) mass is 293 g/mol. The SMILES string of the molecule is CCNCCCc1c(C)nc(C2CCCCS2)nc1C. The number of aromatic nitrogens is 2. The van der Waals surface area contributed by atoms with Gasteiger partial charge in [-0.25, -0.2) is 9.97 Å². The van der Waals surface area contributed by atoms with Crippen LogP contribution in [0.3, 0.4) is 0 Å². The van der Waals surface area contributed by atoms with E-state index < -0.39 is 0 Å². The minimum absolute atomic E-state index is 0.525. The van der Waals surface area contributed by atoms with Gasteiger partial charge in [-0.05, 0) is 63.9 Å². The van der Waals surface area contributed by atoms with Crippen molar-refractivity contribution in [2.45, 2.75) is 58.1 Å². The van der Waals surface area contributed by atoms with E-state index in [4.69, 9.17) is 9.97 Å². The van der Waals surface area contributed by atoms with Gasteiger partial charge in [0.1, 0.15) is 5.82 Å². The van der Waals surface area contributed by atoms with E-state index >= 15 is 0 Å². The van der Waals surface area contributed by atoms with E-state index in [2.05, 4.69) is 26.1 Å². The molecule has 0 bridgehead atoms.